The smallest absolute Gasteiger partial charge is 0.311 e. The van der Waals surface area contributed by atoms with Gasteiger partial charge < -0.3 is 9.47 Å². The Bertz CT molecular complexity index is 626. The number of halogens is 3. The van der Waals surface area contributed by atoms with Crippen LogP contribution in [-0.2, 0) is 14.3 Å². The number of esters is 2. The van der Waals surface area contributed by atoms with E-state index in [0.29, 0.717) is 6.61 Å². The van der Waals surface area contributed by atoms with Crippen molar-refractivity contribution in [3.05, 3.63) is 27.2 Å². The average Bonchev–Trinajstić information content (AvgIpc) is 2.71. The van der Waals surface area contributed by atoms with Crippen molar-refractivity contribution in [3.63, 3.8) is 0 Å². The maximum absolute atomic E-state index is 11.9. The minimum absolute atomic E-state index is 0.0219. The van der Waals surface area contributed by atoms with Gasteiger partial charge in [0, 0.05) is 12.1 Å². The first-order valence-corrected chi connectivity index (χ1v) is 12.1. The third kappa shape index (κ3) is 12.7. The molecule has 0 amide bonds. The lowest BCUT2D eigenvalue weighted by Gasteiger charge is -2.07. The SMILES string of the molecule is CCCCCCCCCCCCCOC(=O)CCC(=O)Oc1cc(Cl)c(Cl)c(Cl)c1. The number of carbonyl (C=O) groups excluding carboxylic acids is 2. The summed E-state index contributed by atoms with van der Waals surface area (Å²) in [5.74, 6) is -0.768. The van der Waals surface area contributed by atoms with Crippen LogP contribution in [0, 0.1) is 0 Å². The van der Waals surface area contributed by atoms with E-state index in [1.54, 1.807) is 0 Å². The molecule has 0 saturated heterocycles. The van der Waals surface area contributed by atoms with Gasteiger partial charge in [0.25, 0.3) is 0 Å². The van der Waals surface area contributed by atoms with Crippen LogP contribution in [0.25, 0.3) is 0 Å². The fraction of sp³-hybridized carbons (Fsp3) is 0.652. The normalized spacial score (nSPS) is 10.8. The Kier molecular flexibility index (Phi) is 15.1. The van der Waals surface area contributed by atoms with Crippen LogP contribution in [-0.4, -0.2) is 18.5 Å². The van der Waals surface area contributed by atoms with Gasteiger partial charge in [-0.2, -0.15) is 0 Å². The van der Waals surface area contributed by atoms with Crippen molar-refractivity contribution < 1.29 is 19.1 Å². The third-order valence-electron chi connectivity index (χ3n) is 4.73. The molecule has 0 N–H and O–H groups in total. The summed E-state index contributed by atoms with van der Waals surface area (Å²) in [6, 6.07) is 2.80. The van der Waals surface area contributed by atoms with Crippen molar-refractivity contribution in [2.75, 3.05) is 6.61 Å². The molecule has 0 aliphatic carbocycles. The quantitative estimate of drug-likeness (QED) is 0.104. The monoisotopic (exact) mass is 478 g/mol. The Balaban J connectivity index is 2.01. The lowest BCUT2D eigenvalue weighted by atomic mass is 10.1. The van der Waals surface area contributed by atoms with Gasteiger partial charge in [0.15, 0.2) is 0 Å². The predicted molar refractivity (Wildman–Crippen MR) is 124 cm³/mol. The first kappa shape index (κ1) is 27.1. The summed E-state index contributed by atoms with van der Waals surface area (Å²) in [6.45, 7) is 2.63. The summed E-state index contributed by atoms with van der Waals surface area (Å²) < 4.78 is 10.3. The van der Waals surface area contributed by atoms with Crippen LogP contribution in [0.15, 0.2) is 12.1 Å². The van der Waals surface area contributed by atoms with Gasteiger partial charge in [0.2, 0.25) is 0 Å². The Hall–Kier alpha value is -0.970. The van der Waals surface area contributed by atoms with E-state index in [1.165, 1.54) is 69.9 Å². The van der Waals surface area contributed by atoms with E-state index in [0.717, 1.165) is 12.8 Å². The molecule has 0 aliphatic heterocycles. The third-order valence-corrected chi connectivity index (χ3v) is 5.93. The van der Waals surface area contributed by atoms with Gasteiger partial charge in [0.1, 0.15) is 5.75 Å². The molecule has 0 radical (unpaired) electrons. The van der Waals surface area contributed by atoms with E-state index < -0.39 is 11.9 Å². The lowest BCUT2D eigenvalue weighted by molar-refractivity contribution is -0.147. The topological polar surface area (TPSA) is 52.6 Å². The largest absolute Gasteiger partial charge is 0.466 e. The summed E-state index contributed by atoms with van der Waals surface area (Å²) in [4.78, 5) is 23.6. The highest BCUT2D eigenvalue weighted by Gasteiger charge is 2.13. The zero-order chi connectivity index (χ0) is 22.2. The molecule has 30 heavy (non-hydrogen) atoms. The van der Waals surface area contributed by atoms with Crippen molar-refractivity contribution in [2.45, 2.75) is 90.4 Å². The summed E-state index contributed by atoms with van der Waals surface area (Å²) in [5.41, 5.74) is 0. The lowest BCUT2D eigenvalue weighted by Crippen LogP contribution is -2.13. The number of rotatable bonds is 16. The van der Waals surface area contributed by atoms with E-state index in [2.05, 4.69) is 6.92 Å². The second kappa shape index (κ2) is 16.7. The maximum atomic E-state index is 11.9. The Morgan fingerprint density at radius 3 is 1.73 bits per heavy atom. The van der Waals surface area contributed by atoms with E-state index >= 15 is 0 Å². The molecular formula is C23H33Cl3O4. The zero-order valence-corrected chi connectivity index (χ0v) is 20.1. The molecule has 0 unspecified atom stereocenters. The first-order valence-electron chi connectivity index (χ1n) is 10.9. The van der Waals surface area contributed by atoms with Crippen molar-refractivity contribution in [1.82, 2.24) is 0 Å². The second-order valence-corrected chi connectivity index (χ2v) is 8.62. The van der Waals surface area contributed by atoms with Gasteiger partial charge in [0.05, 0.1) is 34.5 Å². The molecule has 4 nitrogen and oxygen atoms in total. The highest BCUT2D eigenvalue weighted by Crippen LogP contribution is 2.34. The van der Waals surface area contributed by atoms with Gasteiger partial charge >= 0.3 is 11.9 Å². The molecule has 1 aromatic carbocycles. The number of ether oxygens (including phenoxy) is 2. The highest BCUT2D eigenvalue weighted by atomic mass is 35.5. The Morgan fingerprint density at radius 2 is 1.20 bits per heavy atom. The molecule has 0 spiro atoms. The summed E-state index contributed by atoms with van der Waals surface area (Å²) in [5, 5.41) is 0.584. The van der Waals surface area contributed by atoms with Gasteiger partial charge in [-0.05, 0) is 6.42 Å². The highest BCUT2D eigenvalue weighted by molar-refractivity contribution is 6.48. The van der Waals surface area contributed by atoms with Crippen molar-refractivity contribution >= 4 is 46.7 Å². The molecule has 0 saturated carbocycles. The standard InChI is InChI=1S/C23H33Cl3O4/c1-2-3-4-5-6-7-8-9-10-11-12-15-29-21(27)13-14-22(28)30-18-16-19(24)23(26)20(25)17-18/h16-17H,2-15H2,1H3. The molecule has 170 valence electrons. The van der Waals surface area contributed by atoms with Gasteiger partial charge in [-0.15, -0.1) is 0 Å². The van der Waals surface area contributed by atoms with Crippen LogP contribution < -0.4 is 4.74 Å². The van der Waals surface area contributed by atoms with Crippen LogP contribution in [0.2, 0.25) is 15.1 Å². The number of carbonyl (C=O) groups is 2. The average molecular weight is 480 g/mol. The van der Waals surface area contributed by atoms with Gasteiger partial charge in [-0.25, -0.2) is 0 Å². The zero-order valence-electron chi connectivity index (χ0n) is 17.8. The molecule has 1 rings (SSSR count). The van der Waals surface area contributed by atoms with Crippen LogP contribution in [0.3, 0.4) is 0 Å². The van der Waals surface area contributed by atoms with Crippen LogP contribution in [0.1, 0.15) is 90.4 Å². The molecule has 0 aliphatic rings. The minimum Gasteiger partial charge on any atom is -0.466 e. The van der Waals surface area contributed by atoms with E-state index in [9.17, 15) is 9.59 Å². The van der Waals surface area contributed by atoms with Crippen molar-refractivity contribution in [1.29, 1.82) is 0 Å². The van der Waals surface area contributed by atoms with Gasteiger partial charge in [-0.3, -0.25) is 9.59 Å². The van der Waals surface area contributed by atoms with E-state index in [1.807, 2.05) is 0 Å². The Morgan fingerprint density at radius 1 is 0.733 bits per heavy atom. The summed E-state index contributed by atoms with van der Waals surface area (Å²) in [7, 11) is 0. The number of hydrogen-bond acceptors (Lipinski definition) is 4. The second-order valence-electron chi connectivity index (χ2n) is 7.43. The number of benzene rings is 1. The Labute approximate surface area is 195 Å². The molecule has 0 bridgehead atoms. The van der Waals surface area contributed by atoms with Crippen LogP contribution >= 0.6 is 34.8 Å². The molecular weight excluding hydrogens is 447 g/mol. The van der Waals surface area contributed by atoms with Crippen LogP contribution in [0.5, 0.6) is 5.75 Å². The summed E-state index contributed by atoms with van der Waals surface area (Å²) in [6.07, 6.45) is 13.6. The molecule has 1 aromatic rings. The van der Waals surface area contributed by atoms with Crippen molar-refractivity contribution in [3.8, 4) is 5.75 Å². The number of hydrogen-bond donors (Lipinski definition) is 0. The number of unbranched alkanes of at least 4 members (excludes halogenated alkanes) is 10. The fourth-order valence-electron chi connectivity index (χ4n) is 3.00. The first-order chi connectivity index (χ1) is 14.4. The summed E-state index contributed by atoms with van der Waals surface area (Å²) >= 11 is 17.6. The minimum atomic E-state index is -0.559. The van der Waals surface area contributed by atoms with E-state index in [-0.39, 0.29) is 33.7 Å². The molecule has 7 heteroatoms. The molecule has 0 heterocycles. The van der Waals surface area contributed by atoms with Gasteiger partial charge in [-0.1, -0.05) is 106 Å². The molecule has 0 aromatic heterocycles. The van der Waals surface area contributed by atoms with E-state index in [4.69, 9.17) is 44.3 Å². The molecule has 0 atom stereocenters. The van der Waals surface area contributed by atoms with Crippen LogP contribution in [0.4, 0.5) is 0 Å². The maximum Gasteiger partial charge on any atom is 0.311 e. The fourth-order valence-corrected chi connectivity index (χ4v) is 3.58. The van der Waals surface area contributed by atoms with Crippen molar-refractivity contribution in [2.24, 2.45) is 0 Å². The predicted octanol–water partition coefficient (Wildman–Crippen LogP) is 8.19. The molecule has 0 fully saturated rings.